The molecule has 0 spiro atoms. The highest BCUT2D eigenvalue weighted by atomic mass is 35.5. The summed E-state index contributed by atoms with van der Waals surface area (Å²) >= 11 is 5.92. The summed E-state index contributed by atoms with van der Waals surface area (Å²) in [4.78, 5) is -0.162. The number of aryl methyl sites for hydroxylation is 1. The number of rotatable bonds is 3. The second kappa shape index (κ2) is 5.32. The first-order chi connectivity index (χ1) is 9.27. The third kappa shape index (κ3) is 3.22. The molecule has 0 aliphatic heterocycles. The fourth-order valence-electron chi connectivity index (χ4n) is 1.64. The van der Waals surface area contributed by atoms with Crippen molar-refractivity contribution in [2.75, 3.05) is 5.73 Å². The standard InChI is InChI=1S/C13H13ClN2O3S/c1-8-6-10(3-4-11(8)14)19-12-5-2-9(15)7-13(12)20(16,17)18/h2-7H,15H2,1H3,(H2,16,17,18). The molecule has 0 radical (unpaired) electrons. The van der Waals surface area contributed by atoms with Gasteiger partial charge in [0.05, 0.1) is 0 Å². The van der Waals surface area contributed by atoms with E-state index in [0.29, 0.717) is 10.8 Å². The predicted octanol–water partition coefficient (Wildman–Crippen LogP) is 2.67. The molecule has 0 heterocycles. The smallest absolute Gasteiger partial charge is 0.241 e. The number of hydrogen-bond donors (Lipinski definition) is 2. The van der Waals surface area contributed by atoms with Crippen LogP contribution in [-0.4, -0.2) is 8.42 Å². The number of ether oxygens (including phenoxy) is 1. The number of anilines is 1. The summed E-state index contributed by atoms with van der Waals surface area (Å²) in [6, 6.07) is 9.25. The van der Waals surface area contributed by atoms with Crippen LogP contribution in [0, 0.1) is 6.92 Å². The molecule has 0 aliphatic carbocycles. The number of sulfonamides is 1. The van der Waals surface area contributed by atoms with Crippen molar-refractivity contribution < 1.29 is 13.2 Å². The summed E-state index contributed by atoms with van der Waals surface area (Å²) < 4.78 is 28.6. The molecular formula is C13H13ClN2O3S. The van der Waals surface area contributed by atoms with E-state index in [9.17, 15) is 8.42 Å². The number of primary sulfonamides is 1. The van der Waals surface area contributed by atoms with E-state index >= 15 is 0 Å². The minimum atomic E-state index is -3.93. The zero-order valence-corrected chi connectivity index (χ0v) is 12.2. The van der Waals surface area contributed by atoms with Crippen LogP contribution in [0.5, 0.6) is 11.5 Å². The molecule has 0 aliphatic rings. The van der Waals surface area contributed by atoms with Gasteiger partial charge in [0.15, 0.2) is 0 Å². The van der Waals surface area contributed by atoms with Crippen LogP contribution in [0.4, 0.5) is 5.69 Å². The van der Waals surface area contributed by atoms with Gasteiger partial charge in [0.2, 0.25) is 10.0 Å². The summed E-state index contributed by atoms with van der Waals surface area (Å²) in [5.74, 6) is 0.574. The van der Waals surface area contributed by atoms with Gasteiger partial charge < -0.3 is 10.5 Å². The molecule has 20 heavy (non-hydrogen) atoms. The lowest BCUT2D eigenvalue weighted by Gasteiger charge is -2.11. The van der Waals surface area contributed by atoms with Crippen LogP contribution in [0.3, 0.4) is 0 Å². The molecule has 0 amide bonds. The van der Waals surface area contributed by atoms with Crippen LogP contribution in [0.1, 0.15) is 5.56 Å². The second-order valence-corrected chi connectivity index (χ2v) is 6.20. The summed E-state index contributed by atoms with van der Waals surface area (Å²) in [5, 5.41) is 5.75. The predicted molar refractivity (Wildman–Crippen MR) is 78.5 cm³/mol. The molecule has 2 aromatic carbocycles. The molecule has 2 rings (SSSR count). The first-order valence-corrected chi connectivity index (χ1v) is 7.56. The molecule has 0 atom stereocenters. The number of halogens is 1. The topological polar surface area (TPSA) is 95.4 Å². The Morgan fingerprint density at radius 1 is 1.15 bits per heavy atom. The average Bonchev–Trinajstić information content (AvgIpc) is 2.35. The van der Waals surface area contributed by atoms with Crippen molar-refractivity contribution in [1.29, 1.82) is 0 Å². The van der Waals surface area contributed by atoms with Gasteiger partial charge in [-0.25, -0.2) is 13.6 Å². The maximum atomic E-state index is 11.5. The Hall–Kier alpha value is -1.76. The number of nitrogen functional groups attached to an aromatic ring is 1. The monoisotopic (exact) mass is 312 g/mol. The highest BCUT2D eigenvalue weighted by Gasteiger charge is 2.16. The third-order valence-electron chi connectivity index (χ3n) is 2.63. The quantitative estimate of drug-likeness (QED) is 0.852. The molecular weight excluding hydrogens is 300 g/mol. The largest absolute Gasteiger partial charge is 0.456 e. The normalized spacial score (nSPS) is 11.3. The minimum Gasteiger partial charge on any atom is -0.456 e. The van der Waals surface area contributed by atoms with E-state index in [1.54, 1.807) is 18.2 Å². The molecule has 0 saturated carbocycles. The van der Waals surface area contributed by atoms with Crippen LogP contribution in [0.25, 0.3) is 0 Å². The Balaban J connectivity index is 2.46. The molecule has 0 aromatic heterocycles. The summed E-state index contributed by atoms with van der Waals surface area (Å²) in [7, 11) is -3.93. The van der Waals surface area contributed by atoms with E-state index in [4.69, 9.17) is 27.2 Å². The van der Waals surface area contributed by atoms with E-state index in [2.05, 4.69) is 0 Å². The van der Waals surface area contributed by atoms with Gasteiger partial charge in [-0.3, -0.25) is 0 Å². The van der Waals surface area contributed by atoms with Gasteiger partial charge in [0.1, 0.15) is 16.4 Å². The maximum absolute atomic E-state index is 11.5. The van der Waals surface area contributed by atoms with Crippen LogP contribution in [-0.2, 0) is 10.0 Å². The van der Waals surface area contributed by atoms with Crippen molar-refractivity contribution in [2.45, 2.75) is 11.8 Å². The average molecular weight is 313 g/mol. The number of benzene rings is 2. The summed E-state index contributed by atoms with van der Waals surface area (Å²) in [5.41, 5.74) is 6.67. The van der Waals surface area contributed by atoms with Crippen molar-refractivity contribution in [3.63, 3.8) is 0 Å². The zero-order valence-electron chi connectivity index (χ0n) is 10.6. The van der Waals surface area contributed by atoms with Crippen LogP contribution < -0.4 is 15.6 Å². The highest BCUT2D eigenvalue weighted by molar-refractivity contribution is 7.89. The second-order valence-electron chi connectivity index (χ2n) is 4.26. The van der Waals surface area contributed by atoms with E-state index in [1.165, 1.54) is 18.2 Å². The van der Waals surface area contributed by atoms with Crippen LogP contribution in [0.2, 0.25) is 5.02 Å². The van der Waals surface area contributed by atoms with E-state index in [-0.39, 0.29) is 16.3 Å². The van der Waals surface area contributed by atoms with Crippen molar-refractivity contribution in [3.8, 4) is 11.5 Å². The Kier molecular flexibility index (Phi) is 3.89. The van der Waals surface area contributed by atoms with E-state index < -0.39 is 10.0 Å². The molecule has 106 valence electrons. The molecule has 2 aromatic rings. The van der Waals surface area contributed by atoms with E-state index in [1.807, 2.05) is 6.92 Å². The lowest BCUT2D eigenvalue weighted by atomic mass is 10.2. The number of nitrogens with two attached hydrogens (primary N) is 2. The van der Waals surface area contributed by atoms with Crippen molar-refractivity contribution >= 4 is 27.3 Å². The summed E-state index contributed by atoms with van der Waals surface area (Å²) in [6.07, 6.45) is 0. The van der Waals surface area contributed by atoms with Gasteiger partial charge in [-0.05, 0) is 48.9 Å². The number of hydrogen-bond acceptors (Lipinski definition) is 4. The fourth-order valence-corrected chi connectivity index (χ4v) is 2.45. The van der Waals surface area contributed by atoms with Gasteiger partial charge in [0, 0.05) is 10.7 Å². The van der Waals surface area contributed by atoms with Crippen LogP contribution in [0.15, 0.2) is 41.3 Å². The first-order valence-electron chi connectivity index (χ1n) is 5.64. The SMILES string of the molecule is Cc1cc(Oc2ccc(N)cc2S(N)(=O)=O)ccc1Cl. The van der Waals surface area contributed by atoms with Crippen molar-refractivity contribution in [2.24, 2.45) is 5.14 Å². The lowest BCUT2D eigenvalue weighted by molar-refractivity contribution is 0.467. The Morgan fingerprint density at radius 2 is 1.85 bits per heavy atom. The lowest BCUT2D eigenvalue weighted by Crippen LogP contribution is -2.13. The van der Waals surface area contributed by atoms with Gasteiger partial charge >= 0.3 is 0 Å². The molecule has 4 N–H and O–H groups in total. The Bertz CT molecular complexity index is 760. The van der Waals surface area contributed by atoms with Crippen LogP contribution >= 0.6 is 11.6 Å². The third-order valence-corrected chi connectivity index (χ3v) is 3.99. The molecule has 0 bridgehead atoms. The van der Waals surface area contributed by atoms with Gasteiger partial charge in [-0.2, -0.15) is 0 Å². The Labute approximate surface area is 122 Å². The van der Waals surface area contributed by atoms with Crippen molar-refractivity contribution in [1.82, 2.24) is 0 Å². The van der Waals surface area contributed by atoms with Gasteiger partial charge in [-0.1, -0.05) is 11.6 Å². The fraction of sp³-hybridized carbons (Fsp3) is 0.0769. The highest BCUT2D eigenvalue weighted by Crippen LogP contribution is 2.31. The first kappa shape index (κ1) is 14.6. The van der Waals surface area contributed by atoms with Gasteiger partial charge in [0.25, 0.3) is 0 Å². The Morgan fingerprint density at radius 3 is 2.45 bits per heavy atom. The molecule has 5 nitrogen and oxygen atoms in total. The summed E-state index contributed by atoms with van der Waals surface area (Å²) in [6.45, 7) is 1.82. The minimum absolute atomic E-state index is 0.114. The molecule has 0 fully saturated rings. The van der Waals surface area contributed by atoms with E-state index in [0.717, 1.165) is 5.56 Å². The molecule has 0 saturated heterocycles. The zero-order chi connectivity index (χ0) is 14.9. The molecule has 0 unspecified atom stereocenters. The van der Waals surface area contributed by atoms with Gasteiger partial charge in [-0.15, -0.1) is 0 Å². The molecule has 7 heteroatoms. The maximum Gasteiger partial charge on any atom is 0.241 e. The van der Waals surface area contributed by atoms with Crippen molar-refractivity contribution in [3.05, 3.63) is 47.0 Å².